The molecule has 1 N–H and O–H groups in total. The first-order chi connectivity index (χ1) is 10.2. The molecule has 4 heteroatoms. The monoisotopic (exact) mass is 307 g/mol. The molecule has 0 aliphatic heterocycles. The zero-order valence-corrected chi connectivity index (χ0v) is 13.0. The Morgan fingerprint density at radius 2 is 1.90 bits per heavy atom. The van der Waals surface area contributed by atoms with E-state index < -0.39 is 0 Å². The molecule has 21 heavy (non-hydrogen) atoms. The molecule has 0 saturated carbocycles. The average molecular weight is 308 g/mol. The zero-order valence-electron chi connectivity index (χ0n) is 12.2. The van der Waals surface area contributed by atoms with Crippen LogP contribution >= 0.6 is 11.6 Å². The molecule has 0 spiro atoms. The second kappa shape index (κ2) is 7.43. The van der Waals surface area contributed by atoms with Crippen LogP contribution in [0.3, 0.4) is 0 Å². The molecule has 112 valence electrons. The largest absolute Gasteiger partial charge is 0.496 e. The number of methoxy groups -OCH3 is 1. The van der Waals surface area contributed by atoms with Crippen molar-refractivity contribution in [1.29, 1.82) is 0 Å². The summed E-state index contributed by atoms with van der Waals surface area (Å²) < 4.78 is 19.7. The van der Waals surface area contributed by atoms with Crippen LogP contribution in [0.5, 0.6) is 5.75 Å². The summed E-state index contributed by atoms with van der Waals surface area (Å²) in [5.41, 5.74) is 1.48. The second-order valence-corrected chi connectivity index (χ2v) is 5.23. The fourth-order valence-electron chi connectivity index (χ4n) is 2.31. The minimum atomic E-state index is -0.280. The van der Waals surface area contributed by atoms with Crippen LogP contribution < -0.4 is 10.1 Å². The number of rotatable bonds is 6. The van der Waals surface area contributed by atoms with Crippen LogP contribution in [0, 0.1) is 5.82 Å². The molecule has 0 aliphatic carbocycles. The maximum Gasteiger partial charge on any atom is 0.132 e. The van der Waals surface area contributed by atoms with Crippen molar-refractivity contribution in [1.82, 2.24) is 5.32 Å². The van der Waals surface area contributed by atoms with E-state index in [2.05, 4.69) is 12.2 Å². The lowest BCUT2D eigenvalue weighted by molar-refractivity contribution is 0.396. The van der Waals surface area contributed by atoms with Crippen molar-refractivity contribution in [2.45, 2.75) is 19.4 Å². The lowest BCUT2D eigenvalue weighted by atomic mass is 9.97. The van der Waals surface area contributed by atoms with Crippen LogP contribution in [0.25, 0.3) is 0 Å². The van der Waals surface area contributed by atoms with Crippen LogP contribution in [0.1, 0.15) is 30.5 Å². The first-order valence-electron chi connectivity index (χ1n) is 6.98. The van der Waals surface area contributed by atoms with Gasteiger partial charge in [0.05, 0.1) is 18.7 Å². The normalized spacial score (nSPS) is 12.2. The number of benzene rings is 2. The topological polar surface area (TPSA) is 21.3 Å². The molecule has 0 aliphatic rings. The van der Waals surface area contributed by atoms with Gasteiger partial charge in [0.25, 0.3) is 0 Å². The predicted molar refractivity (Wildman–Crippen MR) is 84.5 cm³/mol. The van der Waals surface area contributed by atoms with Gasteiger partial charge in [0, 0.05) is 5.02 Å². The van der Waals surface area contributed by atoms with E-state index in [4.69, 9.17) is 16.3 Å². The zero-order chi connectivity index (χ0) is 15.2. The summed E-state index contributed by atoms with van der Waals surface area (Å²) in [5, 5.41) is 4.03. The highest BCUT2D eigenvalue weighted by atomic mass is 35.5. The summed E-state index contributed by atoms with van der Waals surface area (Å²) in [4.78, 5) is 0. The second-order valence-electron chi connectivity index (χ2n) is 4.79. The van der Waals surface area contributed by atoms with Crippen molar-refractivity contribution in [2.75, 3.05) is 13.7 Å². The third-order valence-corrected chi connectivity index (χ3v) is 3.58. The SMILES string of the molecule is CCCNC(c1ccc(Cl)cc1)c1c(F)cccc1OC. The lowest BCUT2D eigenvalue weighted by Crippen LogP contribution is -2.24. The molecule has 0 bridgehead atoms. The molecule has 0 heterocycles. The van der Waals surface area contributed by atoms with Crippen molar-refractivity contribution in [3.63, 3.8) is 0 Å². The summed E-state index contributed by atoms with van der Waals surface area (Å²) in [6, 6.07) is 12.0. The predicted octanol–water partition coefficient (Wildman–Crippen LogP) is 4.58. The third kappa shape index (κ3) is 3.74. The Morgan fingerprint density at radius 3 is 2.52 bits per heavy atom. The maximum absolute atomic E-state index is 14.3. The fourth-order valence-corrected chi connectivity index (χ4v) is 2.43. The molecule has 2 rings (SSSR count). The minimum absolute atomic E-state index is 0.265. The van der Waals surface area contributed by atoms with Crippen LogP contribution in [-0.4, -0.2) is 13.7 Å². The molecule has 1 unspecified atom stereocenters. The number of hydrogen-bond donors (Lipinski definition) is 1. The van der Waals surface area contributed by atoms with Gasteiger partial charge in [0.2, 0.25) is 0 Å². The maximum atomic E-state index is 14.3. The summed E-state index contributed by atoms with van der Waals surface area (Å²) in [7, 11) is 1.55. The highest BCUT2D eigenvalue weighted by Crippen LogP contribution is 2.32. The summed E-state index contributed by atoms with van der Waals surface area (Å²) in [5.74, 6) is 0.261. The Labute approximate surface area is 129 Å². The Hall–Kier alpha value is -1.58. The highest BCUT2D eigenvalue weighted by Gasteiger charge is 2.21. The molecule has 0 radical (unpaired) electrons. The van der Waals surface area contributed by atoms with Gasteiger partial charge in [-0.05, 0) is 42.8 Å². The Morgan fingerprint density at radius 1 is 1.19 bits per heavy atom. The van der Waals surface area contributed by atoms with E-state index in [1.807, 2.05) is 24.3 Å². The van der Waals surface area contributed by atoms with Gasteiger partial charge >= 0.3 is 0 Å². The molecule has 0 aromatic heterocycles. The molecule has 1 atom stereocenters. The molecular weight excluding hydrogens is 289 g/mol. The standard InChI is InChI=1S/C17H19ClFNO/c1-3-11-20-17(12-7-9-13(18)10-8-12)16-14(19)5-4-6-15(16)21-2/h4-10,17,20H,3,11H2,1-2H3. The van der Waals surface area contributed by atoms with Gasteiger partial charge in [0.1, 0.15) is 11.6 Å². The van der Waals surface area contributed by atoms with E-state index in [1.165, 1.54) is 6.07 Å². The van der Waals surface area contributed by atoms with Crippen LogP contribution in [0.4, 0.5) is 4.39 Å². The van der Waals surface area contributed by atoms with Crippen LogP contribution in [0.15, 0.2) is 42.5 Å². The molecule has 2 aromatic rings. The van der Waals surface area contributed by atoms with Gasteiger partial charge in [-0.3, -0.25) is 0 Å². The molecule has 0 amide bonds. The number of hydrogen-bond acceptors (Lipinski definition) is 2. The quantitative estimate of drug-likeness (QED) is 0.843. The van der Waals surface area contributed by atoms with E-state index >= 15 is 0 Å². The summed E-state index contributed by atoms with van der Waals surface area (Å²) in [6.07, 6.45) is 0.959. The van der Waals surface area contributed by atoms with E-state index in [0.717, 1.165) is 18.5 Å². The van der Waals surface area contributed by atoms with E-state index in [0.29, 0.717) is 16.3 Å². The fraction of sp³-hybridized carbons (Fsp3) is 0.294. The van der Waals surface area contributed by atoms with Crippen molar-refractivity contribution in [2.24, 2.45) is 0 Å². The molecule has 2 nitrogen and oxygen atoms in total. The Kier molecular flexibility index (Phi) is 5.59. The highest BCUT2D eigenvalue weighted by molar-refractivity contribution is 6.30. The third-order valence-electron chi connectivity index (χ3n) is 3.32. The van der Waals surface area contributed by atoms with Gasteiger partial charge < -0.3 is 10.1 Å². The number of nitrogens with one attached hydrogen (secondary N) is 1. The van der Waals surface area contributed by atoms with Crippen molar-refractivity contribution < 1.29 is 9.13 Å². The molecule has 0 fully saturated rings. The van der Waals surface area contributed by atoms with Gasteiger partial charge in [-0.2, -0.15) is 0 Å². The smallest absolute Gasteiger partial charge is 0.132 e. The van der Waals surface area contributed by atoms with Crippen molar-refractivity contribution in [3.05, 3.63) is 64.4 Å². The Bertz CT molecular complexity index is 586. The molecule has 2 aromatic carbocycles. The molecule has 0 saturated heterocycles. The van der Waals surface area contributed by atoms with E-state index in [-0.39, 0.29) is 11.9 Å². The first kappa shape index (κ1) is 15.8. The van der Waals surface area contributed by atoms with Crippen molar-refractivity contribution in [3.8, 4) is 5.75 Å². The van der Waals surface area contributed by atoms with Crippen LogP contribution in [0.2, 0.25) is 5.02 Å². The summed E-state index contributed by atoms with van der Waals surface area (Å²) >= 11 is 5.94. The van der Waals surface area contributed by atoms with Gasteiger partial charge in [-0.15, -0.1) is 0 Å². The average Bonchev–Trinajstić information content (AvgIpc) is 2.50. The minimum Gasteiger partial charge on any atom is -0.496 e. The lowest BCUT2D eigenvalue weighted by Gasteiger charge is -2.22. The first-order valence-corrected chi connectivity index (χ1v) is 7.36. The molecular formula is C17H19ClFNO. The van der Waals surface area contributed by atoms with Gasteiger partial charge in [-0.1, -0.05) is 36.7 Å². The Balaban J connectivity index is 2.47. The number of ether oxygens (including phenoxy) is 1. The number of halogens is 2. The van der Waals surface area contributed by atoms with Gasteiger partial charge in [-0.25, -0.2) is 4.39 Å². The van der Waals surface area contributed by atoms with Crippen LogP contribution in [-0.2, 0) is 0 Å². The van der Waals surface area contributed by atoms with Crippen molar-refractivity contribution >= 4 is 11.6 Å². The van der Waals surface area contributed by atoms with E-state index in [9.17, 15) is 4.39 Å². The summed E-state index contributed by atoms with van der Waals surface area (Å²) in [6.45, 7) is 2.86. The van der Waals surface area contributed by atoms with Gasteiger partial charge in [0.15, 0.2) is 0 Å². The van der Waals surface area contributed by atoms with E-state index in [1.54, 1.807) is 19.2 Å².